The van der Waals surface area contributed by atoms with E-state index >= 15 is 0 Å². The lowest BCUT2D eigenvalue weighted by Gasteiger charge is -2.21. The molecule has 0 bridgehead atoms. The average Bonchev–Trinajstić information content (AvgIpc) is 3.01. The van der Waals surface area contributed by atoms with Crippen LogP contribution < -0.4 is 5.73 Å². The highest BCUT2D eigenvalue weighted by Gasteiger charge is 2.47. The Hall–Kier alpha value is -0.570. The second kappa shape index (κ2) is 4.60. The van der Waals surface area contributed by atoms with E-state index in [9.17, 15) is 0 Å². The van der Waals surface area contributed by atoms with Gasteiger partial charge in [0, 0.05) is 23.0 Å². The van der Waals surface area contributed by atoms with Gasteiger partial charge in [-0.15, -0.1) is 0 Å². The van der Waals surface area contributed by atoms with Gasteiger partial charge >= 0.3 is 0 Å². The van der Waals surface area contributed by atoms with E-state index < -0.39 is 0 Å². The van der Waals surface area contributed by atoms with Crippen molar-refractivity contribution in [1.82, 2.24) is 4.90 Å². The Labute approximate surface area is 109 Å². The van der Waals surface area contributed by atoms with Crippen LogP contribution in [0.25, 0.3) is 0 Å². The van der Waals surface area contributed by atoms with E-state index in [2.05, 4.69) is 44.1 Å². The fourth-order valence-electron chi connectivity index (χ4n) is 2.47. The summed E-state index contributed by atoms with van der Waals surface area (Å²) in [5.74, 6) is 0. The standard InChI is InChI=1S/C14H21ClN2/c1-10(16)14(6-7-14)12-5-4-11(9-17(2)3)13(15)8-12/h4-5,8,10H,6-7,9,16H2,1-3H3. The molecule has 1 atom stereocenters. The molecule has 2 nitrogen and oxygen atoms in total. The van der Waals surface area contributed by atoms with Gasteiger partial charge in [0.1, 0.15) is 0 Å². The van der Waals surface area contributed by atoms with E-state index in [1.54, 1.807) is 0 Å². The first kappa shape index (κ1) is 12.9. The molecule has 0 saturated heterocycles. The smallest absolute Gasteiger partial charge is 0.0453 e. The Balaban J connectivity index is 2.25. The second-order valence-corrected chi connectivity index (χ2v) is 5.90. The van der Waals surface area contributed by atoms with E-state index in [4.69, 9.17) is 17.3 Å². The monoisotopic (exact) mass is 252 g/mol. The minimum Gasteiger partial charge on any atom is -0.327 e. The van der Waals surface area contributed by atoms with Crippen molar-refractivity contribution in [3.05, 3.63) is 34.3 Å². The van der Waals surface area contributed by atoms with Gasteiger partial charge in [-0.1, -0.05) is 23.7 Å². The van der Waals surface area contributed by atoms with Crippen LogP contribution in [0.5, 0.6) is 0 Å². The van der Waals surface area contributed by atoms with Gasteiger partial charge in [0.05, 0.1) is 0 Å². The Morgan fingerprint density at radius 2 is 2.06 bits per heavy atom. The maximum Gasteiger partial charge on any atom is 0.0453 e. The third-order valence-corrected chi connectivity index (χ3v) is 4.13. The molecule has 1 fully saturated rings. The molecular weight excluding hydrogens is 232 g/mol. The summed E-state index contributed by atoms with van der Waals surface area (Å²) in [5.41, 5.74) is 8.76. The molecule has 0 aliphatic heterocycles. The summed E-state index contributed by atoms with van der Waals surface area (Å²) < 4.78 is 0. The van der Waals surface area contributed by atoms with Crippen LogP contribution in [0.15, 0.2) is 18.2 Å². The molecule has 1 aliphatic carbocycles. The zero-order chi connectivity index (χ0) is 12.6. The van der Waals surface area contributed by atoms with Gasteiger partial charge < -0.3 is 10.6 Å². The number of rotatable bonds is 4. The zero-order valence-electron chi connectivity index (χ0n) is 10.8. The molecule has 0 spiro atoms. The third-order valence-electron chi connectivity index (χ3n) is 3.77. The van der Waals surface area contributed by atoms with Gasteiger partial charge in [-0.2, -0.15) is 0 Å². The summed E-state index contributed by atoms with van der Waals surface area (Å²) in [6.07, 6.45) is 2.38. The summed E-state index contributed by atoms with van der Waals surface area (Å²) in [5, 5.41) is 0.864. The molecule has 0 aromatic heterocycles. The van der Waals surface area contributed by atoms with Gasteiger partial charge in [-0.25, -0.2) is 0 Å². The lowest BCUT2D eigenvalue weighted by atomic mass is 9.89. The first-order valence-electron chi connectivity index (χ1n) is 6.15. The molecule has 1 aromatic rings. The van der Waals surface area contributed by atoms with E-state index in [0.717, 1.165) is 11.6 Å². The van der Waals surface area contributed by atoms with Gasteiger partial charge in [-0.05, 0) is 51.1 Å². The summed E-state index contributed by atoms with van der Waals surface area (Å²) in [4.78, 5) is 2.12. The fraction of sp³-hybridized carbons (Fsp3) is 0.571. The van der Waals surface area contributed by atoms with Crippen molar-refractivity contribution >= 4 is 11.6 Å². The minimum atomic E-state index is 0.195. The molecule has 1 aliphatic rings. The maximum absolute atomic E-state index is 6.34. The van der Waals surface area contributed by atoms with Crippen LogP contribution in [-0.4, -0.2) is 25.0 Å². The molecule has 17 heavy (non-hydrogen) atoms. The Morgan fingerprint density at radius 1 is 1.41 bits per heavy atom. The van der Waals surface area contributed by atoms with E-state index in [1.807, 2.05) is 0 Å². The molecule has 2 rings (SSSR count). The van der Waals surface area contributed by atoms with Crippen LogP contribution in [0.1, 0.15) is 30.9 Å². The van der Waals surface area contributed by atoms with Crippen molar-refractivity contribution in [2.75, 3.05) is 14.1 Å². The van der Waals surface area contributed by atoms with Crippen LogP contribution in [0, 0.1) is 0 Å². The fourth-order valence-corrected chi connectivity index (χ4v) is 2.71. The second-order valence-electron chi connectivity index (χ2n) is 5.49. The Kier molecular flexibility index (Phi) is 3.48. The molecule has 1 saturated carbocycles. The zero-order valence-corrected chi connectivity index (χ0v) is 11.6. The van der Waals surface area contributed by atoms with Crippen LogP contribution in [-0.2, 0) is 12.0 Å². The highest BCUT2D eigenvalue weighted by molar-refractivity contribution is 6.31. The largest absolute Gasteiger partial charge is 0.327 e. The van der Waals surface area contributed by atoms with Crippen molar-refractivity contribution in [2.24, 2.45) is 5.73 Å². The molecule has 0 heterocycles. The first-order chi connectivity index (χ1) is 7.95. The molecule has 0 amide bonds. The molecule has 94 valence electrons. The number of nitrogens with two attached hydrogens (primary N) is 1. The number of nitrogens with zero attached hydrogens (tertiary/aromatic N) is 1. The maximum atomic E-state index is 6.34. The minimum absolute atomic E-state index is 0.195. The van der Waals surface area contributed by atoms with Crippen LogP contribution in [0.4, 0.5) is 0 Å². The first-order valence-corrected chi connectivity index (χ1v) is 6.53. The average molecular weight is 253 g/mol. The molecule has 3 heteroatoms. The molecule has 1 unspecified atom stereocenters. The third kappa shape index (κ3) is 2.49. The van der Waals surface area contributed by atoms with Crippen molar-refractivity contribution in [3.63, 3.8) is 0 Å². The van der Waals surface area contributed by atoms with E-state index in [-0.39, 0.29) is 11.5 Å². The van der Waals surface area contributed by atoms with Crippen molar-refractivity contribution in [2.45, 2.75) is 37.8 Å². The normalized spacial score (nSPS) is 19.4. The highest BCUT2D eigenvalue weighted by Crippen LogP contribution is 2.50. The quantitative estimate of drug-likeness (QED) is 0.893. The van der Waals surface area contributed by atoms with Crippen molar-refractivity contribution < 1.29 is 0 Å². The predicted octanol–water partition coefficient (Wildman–Crippen LogP) is 2.78. The summed E-state index contributed by atoms with van der Waals surface area (Å²) in [6, 6.07) is 6.65. The Bertz CT molecular complexity index is 409. The summed E-state index contributed by atoms with van der Waals surface area (Å²) >= 11 is 6.34. The van der Waals surface area contributed by atoms with Gasteiger partial charge in [0.2, 0.25) is 0 Å². The Morgan fingerprint density at radius 3 is 2.47 bits per heavy atom. The van der Waals surface area contributed by atoms with Crippen molar-refractivity contribution in [1.29, 1.82) is 0 Å². The van der Waals surface area contributed by atoms with Gasteiger partial charge in [0.25, 0.3) is 0 Å². The lowest BCUT2D eigenvalue weighted by Crippen LogP contribution is -2.31. The lowest BCUT2D eigenvalue weighted by molar-refractivity contribution is 0.402. The number of benzene rings is 1. The predicted molar refractivity (Wildman–Crippen MR) is 73.4 cm³/mol. The van der Waals surface area contributed by atoms with E-state index in [1.165, 1.54) is 24.0 Å². The van der Waals surface area contributed by atoms with Crippen molar-refractivity contribution in [3.8, 4) is 0 Å². The number of hydrogen-bond donors (Lipinski definition) is 1. The van der Waals surface area contributed by atoms with Crippen LogP contribution in [0.2, 0.25) is 5.02 Å². The van der Waals surface area contributed by atoms with Gasteiger partial charge in [-0.3, -0.25) is 0 Å². The topological polar surface area (TPSA) is 29.3 Å². The van der Waals surface area contributed by atoms with Gasteiger partial charge in [0.15, 0.2) is 0 Å². The SMILES string of the molecule is CC(N)C1(c2ccc(CN(C)C)c(Cl)c2)CC1. The van der Waals surface area contributed by atoms with Crippen LogP contribution >= 0.6 is 11.6 Å². The molecular formula is C14H21ClN2. The molecule has 1 aromatic carbocycles. The highest BCUT2D eigenvalue weighted by atomic mass is 35.5. The molecule has 2 N–H and O–H groups in total. The number of hydrogen-bond acceptors (Lipinski definition) is 2. The summed E-state index contributed by atoms with van der Waals surface area (Å²) in [7, 11) is 4.10. The summed E-state index contributed by atoms with van der Waals surface area (Å²) in [6.45, 7) is 2.97. The number of halogens is 1. The van der Waals surface area contributed by atoms with E-state index in [0.29, 0.717) is 0 Å². The van der Waals surface area contributed by atoms with Crippen LogP contribution in [0.3, 0.4) is 0 Å². The molecule has 0 radical (unpaired) electrons.